The van der Waals surface area contributed by atoms with E-state index >= 15 is 0 Å². The van der Waals surface area contributed by atoms with Crippen LogP contribution in [0.4, 0.5) is 0 Å². The normalized spacial score (nSPS) is 12.3. The van der Waals surface area contributed by atoms with Crippen LogP contribution in [-0.4, -0.2) is 15.7 Å². The van der Waals surface area contributed by atoms with E-state index in [4.69, 9.17) is 16.3 Å². The van der Waals surface area contributed by atoms with Crippen molar-refractivity contribution in [1.82, 2.24) is 9.55 Å². The Morgan fingerprint density at radius 1 is 1.30 bits per heavy atom. The number of hydrogen-bond donors (Lipinski definition) is 0. The van der Waals surface area contributed by atoms with Crippen LogP contribution in [-0.2, 0) is 12.4 Å². The Labute approximate surface area is 125 Å². The van der Waals surface area contributed by atoms with Crippen molar-refractivity contribution in [2.75, 3.05) is 0 Å². The van der Waals surface area contributed by atoms with Gasteiger partial charge in [-0.2, -0.15) is 0 Å². The lowest BCUT2D eigenvalue weighted by Gasteiger charge is -2.21. The van der Waals surface area contributed by atoms with E-state index in [1.807, 2.05) is 26.0 Å². The molecular formula is C16H23ClN2O. The number of hydrogen-bond acceptors (Lipinski definition) is 2. The molecule has 1 heterocycles. The number of benzene rings is 1. The van der Waals surface area contributed by atoms with Crippen LogP contribution in [0.2, 0.25) is 0 Å². The maximum absolute atomic E-state index is 6.07. The second-order valence-electron chi connectivity index (χ2n) is 6.60. The standard InChI is InChI=1S/C16H23ClN2O/c1-11(2)20-13-8-6-7-12-15(13)18-14(9-17)19(12)10-16(3,4)5/h6-8,11H,9-10H2,1-5H3. The first-order chi connectivity index (χ1) is 9.31. The molecule has 1 aromatic heterocycles. The second-order valence-corrected chi connectivity index (χ2v) is 6.87. The quantitative estimate of drug-likeness (QED) is 0.770. The summed E-state index contributed by atoms with van der Waals surface area (Å²) in [4.78, 5) is 4.67. The van der Waals surface area contributed by atoms with Gasteiger partial charge in [0.05, 0.1) is 17.5 Å². The Morgan fingerprint density at radius 3 is 2.55 bits per heavy atom. The number of nitrogens with zero attached hydrogens (tertiary/aromatic N) is 2. The molecule has 4 heteroatoms. The molecule has 0 saturated heterocycles. The first-order valence-electron chi connectivity index (χ1n) is 7.02. The van der Waals surface area contributed by atoms with Crippen molar-refractivity contribution in [1.29, 1.82) is 0 Å². The SMILES string of the molecule is CC(C)Oc1cccc2c1nc(CCl)n2CC(C)(C)C. The monoisotopic (exact) mass is 294 g/mol. The smallest absolute Gasteiger partial charge is 0.147 e. The highest BCUT2D eigenvalue weighted by molar-refractivity contribution is 6.16. The van der Waals surface area contributed by atoms with Crippen LogP contribution < -0.4 is 4.74 Å². The molecule has 20 heavy (non-hydrogen) atoms. The molecule has 0 atom stereocenters. The van der Waals surface area contributed by atoms with Crippen LogP contribution in [0, 0.1) is 5.41 Å². The number of fused-ring (bicyclic) bond motifs is 1. The van der Waals surface area contributed by atoms with Crippen LogP contribution in [0.25, 0.3) is 11.0 Å². The molecule has 3 nitrogen and oxygen atoms in total. The molecule has 1 aromatic carbocycles. The molecule has 0 spiro atoms. The number of rotatable bonds is 4. The molecule has 0 radical (unpaired) electrons. The third kappa shape index (κ3) is 3.26. The number of alkyl halides is 1. The van der Waals surface area contributed by atoms with Gasteiger partial charge < -0.3 is 9.30 Å². The van der Waals surface area contributed by atoms with Crippen molar-refractivity contribution in [2.45, 2.75) is 53.1 Å². The topological polar surface area (TPSA) is 27.1 Å². The largest absolute Gasteiger partial charge is 0.489 e. The Balaban J connectivity index is 2.57. The highest BCUT2D eigenvalue weighted by atomic mass is 35.5. The third-order valence-electron chi connectivity index (χ3n) is 2.94. The van der Waals surface area contributed by atoms with Gasteiger partial charge in [0.15, 0.2) is 0 Å². The molecule has 0 N–H and O–H groups in total. The first kappa shape index (κ1) is 15.2. The van der Waals surface area contributed by atoms with Crippen molar-refractivity contribution >= 4 is 22.6 Å². The van der Waals surface area contributed by atoms with Gasteiger partial charge in [0.2, 0.25) is 0 Å². The molecule has 2 rings (SSSR count). The highest BCUT2D eigenvalue weighted by Crippen LogP contribution is 2.30. The molecule has 0 amide bonds. The lowest BCUT2D eigenvalue weighted by atomic mass is 9.97. The summed E-state index contributed by atoms with van der Waals surface area (Å²) < 4.78 is 8.06. The van der Waals surface area contributed by atoms with E-state index in [9.17, 15) is 0 Å². The van der Waals surface area contributed by atoms with E-state index < -0.39 is 0 Å². The Bertz CT molecular complexity index is 596. The van der Waals surface area contributed by atoms with E-state index in [2.05, 4.69) is 36.4 Å². The summed E-state index contributed by atoms with van der Waals surface area (Å²) in [6.45, 7) is 11.6. The Morgan fingerprint density at radius 2 is 2.00 bits per heavy atom. The Hall–Kier alpha value is -1.22. The summed E-state index contributed by atoms with van der Waals surface area (Å²) in [6, 6.07) is 6.06. The maximum Gasteiger partial charge on any atom is 0.147 e. The van der Waals surface area contributed by atoms with Gasteiger partial charge in [0.25, 0.3) is 0 Å². The molecule has 0 unspecified atom stereocenters. The first-order valence-corrected chi connectivity index (χ1v) is 7.56. The molecule has 110 valence electrons. The molecule has 0 aliphatic heterocycles. The van der Waals surface area contributed by atoms with Crippen LogP contribution in [0.5, 0.6) is 5.75 Å². The fourth-order valence-electron chi connectivity index (χ4n) is 2.27. The number of halogens is 1. The zero-order valence-corrected chi connectivity index (χ0v) is 13.7. The fraction of sp³-hybridized carbons (Fsp3) is 0.562. The van der Waals surface area contributed by atoms with Gasteiger partial charge >= 0.3 is 0 Å². The average Bonchev–Trinajstić information content (AvgIpc) is 2.66. The van der Waals surface area contributed by atoms with E-state index in [1.165, 1.54) is 0 Å². The second kappa shape index (κ2) is 5.65. The highest BCUT2D eigenvalue weighted by Gasteiger charge is 2.19. The van der Waals surface area contributed by atoms with Crippen LogP contribution >= 0.6 is 11.6 Å². The molecule has 0 saturated carbocycles. The van der Waals surface area contributed by atoms with E-state index in [0.717, 1.165) is 29.2 Å². The predicted octanol–water partition coefficient (Wildman–Crippen LogP) is 4.61. The van der Waals surface area contributed by atoms with Gasteiger partial charge in [0.1, 0.15) is 17.1 Å². The predicted molar refractivity (Wildman–Crippen MR) is 84.5 cm³/mol. The van der Waals surface area contributed by atoms with Crippen LogP contribution in [0.3, 0.4) is 0 Å². The van der Waals surface area contributed by atoms with E-state index in [1.54, 1.807) is 0 Å². The summed E-state index contributed by atoms with van der Waals surface area (Å²) in [5.74, 6) is 2.14. The van der Waals surface area contributed by atoms with Crippen LogP contribution in [0.15, 0.2) is 18.2 Å². The summed E-state index contributed by atoms with van der Waals surface area (Å²) in [7, 11) is 0. The molecule has 0 fully saturated rings. The molecule has 0 bridgehead atoms. The molecular weight excluding hydrogens is 272 g/mol. The number of imidazole rings is 1. The van der Waals surface area contributed by atoms with Gasteiger partial charge in [-0.1, -0.05) is 26.8 Å². The van der Waals surface area contributed by atoms with Crippen molar-refractivity contribution in [3.05, 3.63) is 24.0 Å². The minimum absolute atomic E-state index is 0.132. The van der Waals surface area contributed by atoms with E-state index in [0.29, 0.717) is 5.88 Å². The minimum atomic E-state index is 0.132. The van der Waals surface area contributed by atoms with Gasteiger partial charge in [-0.05, 0) is 31.4 Å². The lowest BCUT2D eigenvalue weighted by Crippen LogP contribution is -2.17. The maximum atomic E-state index is 6.07. The van der Waals surface area contributed by atoms with Crippen molar-refractivity contribution in [3.8, 4) is 5.75 Å². The zero-order valence-electron chi connectivity index (χ0n) is 12.9. The van der Waals surface area contributed by atoms with Crippen molar-refractivity contribution < 1.29 is 4.74 Å². The summed E-state index contributed by atoms with van der Waals surface area (Å²) in [5.41, 5.74) is 2.17. The summed E-state index contributed by atoms with van der Waals surface area (Å²) >= 11 is 6.07. The van der Waals surface area contributed by atoms with Gasteiger partial charge in [-0.25, -0.2) is 4.98 Å². The summed E-state index contributed by atoms with van der Waals surface area (Å²) in [5, 5.41) is 0. The van der Waals surface area contributed by atoms with Crippen molar-refractivity contribution in [2.24, 2.45) is 5.41 Å². The van der Waals surface area contributed by atoms with Gasteiger partial charge in [0, 0.05) is 6.54 Å². The van der Waals surface area contributed by atoms with Crippen molar-refractivity contribution in [3.63, 3.8) is 0 Å². The molecule has 2 aromatic rings. The van der Waals surface area contributed by atoms with Gasteiger partial charge in [-0.15, -0.1) is 11.6 Å². The number of aromatic nitrogens is 2. The van der Waals surface area contributed by atoms with E-state index in [-0.39, 0.29) is 11.5 Å². The molecule has 0 aliphatic rings. The average molecular weight is 295 g/mol. The summed E-state index contributed by atoms with van der Waals surface area (Å²) in [6.07, 6.45) is 0.132. The Kier molecular flexibility index (Phi) is 4.28. The third-order valence-corrected chi connectivity index (χ3v) is 3.17. The molecule has 0 aliphatic carbocycles. The minimum Gasteiger partial charge on any atom is -0.489 e. The fourth-order valence-corrected chi connectivity index (χ4v) is 2.48. The van der Waals surface area contributed by atoms with Gasteiger partial charge in [-0.3, -0.25) is 0 Å². The number of para-hydroxylation sites is 1. The number of ether oxygens (including phenoxy) is 1. The van der Waals surface area contributed by atoms with Crippen LogP contribution in [0.1, 0.15) is 40.4 Å². The lowest BCUT2D eigenvalue weighted by molar-refractivity contribution is 0.245. The zero-order chi connectivity index (χ0) is 14.9.